The molecule has 7 heteroatoms. The van der Waals surface area contributed by atoms with E-state index in [1.54, 1.807) is 0 Å². The lowest BCUT2D eigenvalue weighted by atomic mass is 10.2. The second-order valence-electron chi connectivity index (χ2n) is 2.80. The lowest BCUT2D eigenvalue weighted by Crippen LogP contribution is -2.37. The highest BCUT2D eigenvalue weighted by atomic mass is 35.5. The van der Waals surface area contributed by atoms with E-state index in [2.05, 4.69) is 4.99 Å². The lowest BCUT2D eigenvalue weighted by Gasteiger charge is -2.30. The highest BCUT2D eigenvalue weighted by Crippen LogP contribution is 2.35. The van der Waals surface area contributed by atoms with Crippen LogP contribution in [0.4, 0.5) is 13.2 Å². The van der Waals surface area contributed by atoms with Crippen molar-refractivity contribution in [2.24, 2.45) is 4.99 Å². The van der Waals surface area contributed by atoms with Crippen LogP contribution in [0.3, 0.4) is 0 Å². The van der Waals surface area contributed by atoms with E-state index < -0.39 is 23.1 Å². The summed E-state index contributed by atoms with van der Waals surface area (Å²) in [6.45, 7) is 0. The van der Waals surface area contributed by atoms with Crippen LogP contribution in [-0.2, 0) is 4.79 Å². The van der Waals surface area contributed by atoms with Gasteiger partial charge in [0.25, 0.3) is 0 Å². The van der Waals surface area contributed by atoms with Crippen LogP contribution in [0.25, 0.3) is 0 Å². The Morgan fingerprint density at radius 1 is 1.60 bits per heavy atom. The predicted octanol–water partition coefficient (Wildman–Crippen LogP) is 2.16. The minimum Gasteiger partial charge on any atom is -0.344 e. The molecule has 15 heavy (non-hydrogen) atoms. The Morgan fingerprint density at radius 3 is 2.67 bits per heavy atom. The zero-order chi connectivity index (χ0) is 11.6. The van der Waals surface area contributed by atoms with Gasteiger partial charge in [0.05, 0.1) is 5.03 Å². The third-order valence-corrected chi connectivity index (χ3v) is 2.15. The molecule has 0 saturated carbocycles. The fraction of sp³-hybridized carbons (Fsp3) is 0.375. The third-order valence-electron chi connectivity index (χ3n) is 1.84. The Morgan fingerprint density at radius 2 is 2.20 bits per heavy atom. The molecule has 1 atom stereocenters. The summed E-state index contributed by atoms with van der Waals surface area (Å²) in [7, 11) is 1.15. The smallest absolute Gasteiger partial charge is 0.344 e. The summed E-state index contributed by atoms with van der Waals surface area (Å²) in [5.74, 6) is 0. The molecule has 0 amide bonds. The molecule has 0 aromatic heterocycles. The van der Waals surface area contributed by atoms with Crippen molar-refractivity contribution in [1.82, 2.24) is 4.90 Å². The van der Waals surface area contributed by atoms with Crippen molar-refractivity contribution < 1.29 is 18.0 Å². The normalized spacial score (nSPS) is 21.7. The van der Waals surface area contributed by atoms with Crippen LogP contribution < -0.4 is 0 Å². The number of alkyl halides is 3. The summed E-state index contributed by atoms with van der Waals surface area (Å²) in [6.07, 6.45) is -2.04. The maximum Gasteiger partial charge on any atom is 0.432 e. The molecule has 0 N–H and O–H groups in total. The summed E-state index contributed by atoms with van der Waals surface area (Å²) in [5, 5.41) is -0.428. The van der Waals surface area contributed by atoms with Gasteiger partial charge in [0, 0.05) is 7.05 Å². The van der Waals surface area contributed by atoms with Gasteiger partial charge in [-0.1, -0.05) is 11.6 Å². The summed E-state index contributed by atoms with van der Waals surface area (Å²) >= 11 is 5.42. The van der Waals surface area contributed by atoms with Gasteiger partial charge >= 0.3 is 6.18 Å². The number of hydrogen-bond acceptors (Lipinski definition) is 3. The number of rotatable bonds is 1. The topological polar surface area (TPSA) is 32.7 Å². The first-order valence-electron chi connectivity index (χ1n) is 3.83. The first-order chi connectivity index (χ1) is 6.88. The summed E-state index contributed by atoms with van der Waals surface area (Å²) in [4.78, 5) is 13.9. The van der Waals surface area contributed by atoms with E-state index in [0.29, 0.717) is 0 Å². The van der Waals surface area contributed by atoms with E-state index in [1.165, 1.54) is 12.2 Å². The molecule has 0 radical (unpaired) electrons. The zero-order valence-electron chi connectivity index (χ0n) is 7.55. The van der Waals surface area contributed by atoms with Crippen LogP contribution in [0.2, 0.25) is 0 Å². The summed E-state index contributed by atoms with van der Waals surface area (Å²) < 4.78 is 37.5. The molecule has 82 valence electrons. The average Bonchev–Trinajstić information content (AvgIpc) is 2.08. The van der Waals surface area contributed by atoms with Crippen molar-refractivity contribution >= 4 is 17.7 Å². The van der Waals surface area contributed by atoms with Gasteiger partial charge in [-0.2, -0.15) is 18.2 Å². The van der Waals surface area contributed by atoms with Crippen LogP contribution in [-0.4, -0.2) is 30.4 Å². The number of isocyanates is 1. The monoisotopic (exact) mass is 238 g/mol. The van der Waals surface area contributed by atoms with E-state index in [0.717, 1.165) is 18.0 Å². The van der Waals surface area contributed by atoms with E-state index in [9.17, 15) is 18.0 Å². The van der Waals surface area contributed by atoms with Crippen molar-refractivity contribution in [3.63, 3.8) is 0 Å². The third kappa shape index (κ3) is 2.40. The first-order valence-corrected chi connectivity index (χ1v) is 4.20. The Hall–Kier alpha value is -1.26. The number of hydrogen-bond donors (Lipinski definition) is 0. The van der Waals surface area contributed by atoms with Crippen molar-refractivity contribution in [2.75, 3.05) is 7.05 Å². The zero-order valence-corrected chi connectivity index (χ0v) is 8.30. The summed E-state index contributed by atoms with van der Waals surface area (Å²) in [6, 6.07) is 0. The number of carbonyl (C=O) groups excluding carboxylic acids is 1. The molecule has 0 aromatic rings. The van der Waals surface area contributed by atoms with Gasteiger partial charge in [0.1, 0.15) is 5.70 Å². The van der Waals surface area contributed by atoms with Gasteiger partial charge in [0.2, 0.25) is 6.08 Å². The molecule has 0 aromatic carbocycles. The Kier molecular flexibility index (Phi) is 3.21. The molecule has 3 nitrogen and oxygen atoms in total. The summed E-state index contributed by atoms with van der Waals surface area (Å²) in [5.41, 5.74) is -1.02. The van der Waals surface area contributed by atoms with E-state index in [4.69, 9.17) is 11.6 Å². The molecule has 0 aliphatic carbocycles. The second kappa shape index (κ2) is 4.08. The molecule has 1 unspecified atom stereocenters. The van der Waals surface area contributed by atoms with E-state index in [1.807, 2.05) is 0 Å². The standard InChI is InChI=1S/C8H6ClF3N2O/c1-14-6(13-4-15)3-2-5(9)7(14)8(10,11)12/h2-3,6H,1H3. The van der Waals surface area contributed by atoms with Crippen LogP contribution >= 0.6 is 11.6 Å². The van der Waals surface area contributed by atoms with E-state index in [-0.39, 0.29) is 0 Å². The predicted molar refractivity (Wildman–Crippen MR) is 47.7 cm³/mol. The van der Waals surface area contributed by atoms with Gasteiger partial charge in [-0.05, 0) is 12.2 Å². The van der Waals surface area contributed by atoms with Gasteiger partial charge in [0.15, 0.2) is 6.17 Å². The highest BCUT2D eigenvalue weighted by Gasteiger charge is 2.41. The van der Waals surface area contributed by atoms with Gasteiger partial charge in [-0.25, -0.2) is 4.79 Å². The number of aliphatic imine (C=N–C) groups is 1. The Bertz CT molecular complexity index is 369. The Labute approximate surface area is 88.5 Å². The maximum atomic E-state index is 12.5. The average molecular weight is 239 g/mol. The number of likely N-dealkylation sites (N-methyl/N-ethyl adjacent to an activating group) is 1. The molecule has 0 saturated heterocycles. The van der Waals surface area contributed by atoms with Crippen LogP contribution in [0, 0.1) is 0 Å². The second-order valence-corrected chi connectivity index (χ2v) is 3.21. The van der Waals surface area contributed by atoms with Crippen molar-refractivity contribution in [3.8, 4) is 0 Å². The molecule has 1 rings (SSSR count). The fourth-order valence-corrected chi connectivity index (χ4v) is 1.51. The van der Waals surface area contributed by atoms with Gasteiger partial charge < -0.3 is 4.90 Å². The van der Waals surface area contributed by atoms with Crippen LogP contribution in [0.1, 0.15) is 0 Å². The molecular weight excluding hydrogens is 233 g/mol. The number of halogens is 4. The number of nitrogens with zero attached hydrogens (tertiary/aromatic N) is 2. The molecule has 1 aliphatic heterocycles. The minimum atomic E-state index is -4.58. The maximum absolute atomic E-state index is 12.5. The SMILES string of the molecule is CN1C(C(F)(F)F)=C(Cl)C=CC1N=C=O. The van der Waals surface area contributed by atoms with Crippen molar-refractivity contribution in [3.05, 3.63) is 22.9 Å². The fourth-order valence-electron chi connectivity index (χ4n) is 1.20. The molecule has 1 heterocycles. The van der Waals surface area contributed by atoms with Crippen LogP contribution in [0.5, 0.6) is 0 Å². The molecule has 1 aliphatic rings. The van der Waals surface area contributed by atoms with Gasteiger partial charge in [-0.15, -0.1) is 0 Å². The highest BCUT2D eigenvalue weighted by molar-refractivity contribution is 6.31. The number of allylic oxidation sites excluding steroid dienone is 3. The van der Waals surface area contributed by atoms with Crippen LogP contribution in [0.15, 0.2) is 27.9 Å². The van der Waals surface area contributed by atoms with Crippen molar-refractivity contribution in [1.29, 1.82) is 0 Å². The molecular formula is C8H6ClF3N2O. The molecule has 0 fully saturated rings. The van der Waals surface area contributed by atoms with Gasteiger partial charge in [-0.3, -0.25) is 0 Å². The molecule has 0 bridgehead atoms. The quantitative estimate of drug-likeness (QED) is 0.518. The lowest BCUT2D eigenvalue weighted by molar-refractivity contribution is -0.112. The molecule has 0 spiro atoms. The first kappa shape index (κ1) is 11.8. The largest absolute Gasteiger partial charge is 0.432 e. The minimum absolute atomic E-state index is 0.428. The van der Waals surface area contributed by atoms with E-state index >= 15 is 0 Å². The Balaban J connectivity index is 3.13. The van der Waals surface area contributed by atoms with Crippen molar-refractivity contribution in [2.45, 2.75) is 12.3 Å².